The number of benzene rings is 1. The number of rotatable bonds is 4. The van der Waals surface area contributed by atoms with Gasteiger partial charge in [0.2, 0.25) is 10.0 Å². The van der Waals surface area contributed by atoms with Crippen LogP contribution in [0.25, 0.3) is 10.2 Å². The molecule has 1 aliphatic heterocycles. The van der Waals surface area contributed by atoms with Crippen LogP contribution in [0.2, 0.25) is 0 Å². The predicted molar refractivity (Wildman–Crippen MR) is 88.1 cm³/mol. The van der Waals surface area contributed by atoms with Crippen molar-refractivity contribution in [2.45, 2.75) is 30.5 Å². The Hall–Kier alpha value is -0.800. The largest absolute Gasteiger partial charge is 0.310 e. The molecule has 1 aromatic carbocycles. The standard InChI is InChI=1S/C13H16FN3O2S2.ClH/c1-8-17-12-3-2-11(5-13(12)20-8)21(18,19)16-7-10-4-9(14)6-15-10;/h2-3,5,9-10,15-16H,4,6-7H2,1H3;1H/t9-,10-;/m0./s1. The molecule has 2 heterocycles. The van der Waals surface area contributed by atoms with Crippen molar-refractivity contribution >= 4 is 44.0 Å². The minimum absolute atomic E-state index is 0. The Balaban J connectivity index is 0.00000176. The van der Waals surface area contributed by atoms with Crippen molar-refractivity contribution < 1.29 is 12.8 Å². The molecule has 2 N–H and O–H groups in total. The maximum absolute atomic E-state index is 13.0. The van der Waals surface area contributed by atoms with Gasteiger partial charge in [-0.2, -0.15) is 0 Å². The second-order valence-corrected chi connectivity index (χ2v) is 8.15. The van der Waals surface area contributed by atoms with Gasteiger partial charge in [-0.1, -0.05) is 0 Å². The summed E-state index contributed by atoms with van der Waals surface area (Å²) >= 11 is 1.46. The molecule has 0 spiro atoms. The van der Waals surface area contributed by atoms with Crippen molar-refractivity contribution in [3.05, 3.63) is 23.2 Å². The van der Waals surface area contributed by atoms with E-state index in [2.05, 4.69) is 15.0 Å². The molecular formula is C13H17ClFN3O2S2. The fourth-order valence-corrected chi connectivity index (χ4v) is 4.45. The topological polar surface area (TPSA) is 71.1 Å². The number of thiazole rings is 1. The first-order valence-corrected chi connectivity index (χ1v) is 8.98. The summed E-state index contributed by atoms with van der Waals surface area (Å²) in [5, 5.41) is 3.85. The smallest absolute Gasteiger partial charge is 0.240 e. The van der Waals surface area contributed by atoms with Crippen LogP contribution in [0.15, 0.2) is 23.1 Å². The lowest BCUT2D eigenvalue weighted by Crippen LogP contribution is -2.37. The lowest BCUT2D eigenvalue weighted by molar-refractivity contribution is 0.355. The highest BCUT2D eigenvalue weighted by atomic mass is 35.5. The van der Waals surface area contributed by atoms with E-state index >= 15 is 0 Å². The molecule has 1 fully saturated rings. The van der Waals surface area contributed by atoms with E-state index in [9.17, 15) is 12.8 Å². The number of aryl methyl sites for hydroxylation is 1. The van der Waals surface area contributed by atoms with E-state index in [1.165, 1.54) is 11.3 Å². The summed E-state index contributed by atoms with van der Waals surface area (Å²) in [6.07, 6.45) is -0.550. The Kier molecular flexibility index (Phi) is 5.39. The summed E-state index contributed by atoms with van der Waals surface area (Å²) in [5.41, 5.74) is 0.800. The number of hydrogen-bond donors (Lipinski definition) is 2. The molecule has 9 heteroatoms. The molecule has 2 aromatic rings. The first kappa shape index (κ1) is 17.6. The molecule has 5 nitrogen and oxygen atoms in total. The average Bonchev–Trinajstić information content (AvgIpc) is 3.00. The van der Waals surface area contributed by atoms with Crippen molar-refractivity contribution in [2.75, 3.05) is 13.1 Å². The van der Waals surface area contributed by atoms with Gasteiger partial charge in [-0.05, 0) is 31.5 Å². The molecule has 1 aliphatic rings. The first-order valence-electron chi connectivity index (χ1n) is 6.68. The van der Waals surface area contributed by atoms with Crippen LogP contribution in [0.3, 0.4) is 0 Å². The number of alkyl halides is 1. The quantitative estimate of drug-likeness (QED) is 0.869. The Labute approximate surface area is 138 Å². The van der Waals surface area contributed by atoms with Crippen LogP contribution in [0.4, 0.5) is 4.39 Å². The summed E-state index contributed by atoms with van der Waals surface area (Å²) in [7, 11) is -3.58. The van der Waals surface area contributed by atoms with Gasteiger partial charge in [0, 0.05) is 19.1 Å². The lowest BCUT2D eigenvalue weighted by Gasteiger charge is -2.11. The molecule has 0 unspecified atom stereocenters. The molecule has 0 bridgehead atoms. The number of hydrogen-bond acceptors (Lipinski definition) is 5. The fraction of sp³-hybridized carbons (Fsp3) is 0.462. The number of fused-ring (bicyclic) bond motifs is 1. The second-order valence-electron chi connectivity index (χ2n) is 5.15. The fourth-order valence-electron chi connectivity index (χ4n) is 2.41. The zero-order valence-electron chi connectivity index (χ0n) is 11.9. The van der Waals surface area contributed by atoms with Crippen LogP contribution in [0.5, 0.6) is 0 Å². The van der Waals surface area contributed by atoms with Crippen molar-refractivity contribution in [1.29, 1.82) is 0 Å². The normalized spacial score (nSPS) is 21.9. The van der Waals surface area contributed by atoms with Crippen molar-refractivity contribution in [1.82, 2.24) is 15.0 Å². The van der Waals surface area contributed by atoms with E-state index in [1.54, 1.807) is 18.2 Å². The molecule has 3 rings (SSSR count). The third-order valence-electron chi connectivity index (χ3n) is 3.47. The van der Waals surface area contributed by atoms with E-state index in [0.717, 1.165) is 15.2 Å². The number of aromatic nitrogens is 1. The Bertz CT molecular complexity index is 766. The van der Waals surface area contributed by atoms with E-state index in [1.807, 2.05) is 6.92 Å². The first-order chi connectivity index (χ1) is 9.94. The van der Waals surface area contributed by atoms with E-state index < -0.39 is 16.2 Å². The van der Waals surface area contributed by atoms with Gasteiger partial charge in [0.1, 0.15) is 6.17 Å². The van der Waals surface area contributed by atoms with Crippen LogP contribution >= 0.6 is 23.7 Å². The van der Waals surface area contributed by atoms with Gasteiger partial charge < -0.3 is 5.32 Å². The minimum Gasteiger partial charge on any atom is -0.310 e. The molecule has 22 heavy (non-hydrogen) atoms. The van der Waals surface area contributed by atoms with Gasteiger partial charge in [0.15, 0.2) is 0 Å². The number of sulfonamides is 1. The highest BCUT2D eigenvalue weighted by molar-refractivity contribution is 7.89. The highest BCUT2D eigenvalue weighted by Crippen LogP contribution is 2.24. The van der Waals surface area contributed by atoms with Crippen LogP contribution in [-0.2, 0) is 10.0 Å². The van der Waals surface area contributed by atoms with Crippen molar-refractivity contribution in [3.63, 3.8) is 0 Å². The van der Waals surface area contributed by atoms with Crippen molar-refractivity contribution in [2.24, 2.45) is 0 Å². The van der Waals surface area contributed by atoms with Crippen LogP contribution in [0.1, 0.15) is 11.4 Å². The zero-order valence-corrected chi connectivity index (χ0v) is 14.3. The van der Waals surface area contributed by atoms with E-state index in [0.29, 0.717) is 13.0 Å². The van der Waals surface area contributed by atoms with Gasteiger partial charge in [0.25, 0.3) is 0 Å². The minimum atomic E-state index is -3.58. The summed E-state index contributed by atoms with van der Waals surface area (Å²) < 4.78 is 41.0. The molecule has 2 atom stereocenters. The number of halogens is 2. The van der Waals surface area contributed by atoms with E-state index in [4.69, 9.17) is 0 Å². The summed E-state index contributed by atoms with van der Waals surface area (Å²) in [6, 6.07) is 4.73. The zero-order chi connectivity index (χ0) is 15.0. The predicted octanol–water partition coefficient (Wildman–Crippen LogP) is 2.00. The monoisotopic (exact) mass is 365 g/mol. The van der Waals surface area contributed by atoms with Crippen LogP contribution < -0.4 is 10.0 Å². The summed E-state index contributed by atoms with van der Waals surface area (Å²) in [5.74, 6) is 0. The van der Waals surface area contributed by atoms with Gasteiger partial charge in [-0.3, -0.25) is 0 Å². The maximum Gasteiger partial charge on any atom is 0.240 e. The maximum atomic E-state index is 13.0. The second kappa shape index (κ2) is 6.76. The van der Waals surface area contributed by atoms with Crippen molar-refractivity contribution in [3.8, 4) is 0 Å². The van der Waals surface area contributed by atoms with Gasteiger partial charge in [-0.25, -0.2) is 22.5 Å². The Morgan fingerprint density at radius 3 is 2.95 bits per heavy atom. The molecular weight excluding hydrogens is 349 g/mol. The summed E-state index contributed by atoms with van der Waals surface area (Å²) in [6.45, 7) is 2.37. The SMILES string of the molecule is Cc1nc2ccc(S(=O)(=O)NC[C@@H]3C[C@H](F)CN3)cc2s1.Cl. The molecule has 0 aliphatic carbocycles. The molecule has 1 saturated heterocycles. The average molecular weight is 366 g/mol. The molecule has 122 valence electrons. The van der Waals surface area contributed by atoms with Gasteiger partial charge in [-0.15, -0.1) is 23.7 Å². The van der Waals surface area contributed by atoms with E-state index in [-0.39, 0.29) is 29.9 Å². The Morgan fingerprint density at radius 1 is 1.50 bits per heavy atom. The van der Waals surface area contributed by atoms with Crippen LogP contribution in [-0.4, -0.2) is 38.7 Å². The molecule has 0 saturated carbocycles. The Morgan fingerprint density at radius 2 is 2.27 bits per heavy atom. The molecule has 0 radical (unpaired) electrons. The molecule has 1 aromatic heterocycles. The van der Waals surface area contributed by atoms with Gasteiger partial charge >= 0.3 is 0 Å². The lowest BCUT2D eigenvalue weighted by atomic mass is 10.2. The molecule has 0 amide bonds. The highest BCUT2D eigenvalue weighted by Gasteiger charge is 2.25. The number of nitrogens with one attached hydrogen (secondary N) is 2. The third kappa shape index (κ3) is 3.75. The van der Waals surface area contributed by atoms with Gasteiger partial charge in [0.05, 0.1) is 20.1 Å². The number of nitrogens with zero attached hydrogens (tertiary/aromatic N) is 1. The summed E-state index contributed by atoms with van der Waals surface area (Å²) in [4.78, 5) is 4.52. The van der Waals surface area contributed by atoms with Crippen LogP contribution in [0, 0.1) is 6.92 Å². The third-order valence-corrected chi connectivity index (χ3v) is 5.82.